The Balaban J connectivity index is 2.25. The molecule has 3 nitrogen and oxygen atoms in total. The van der Waals surface area contributed by atoms with E-state index in [1.54, 1.807) is 6.08 Å². The van der Waals surface area contributed by atoms with E-state index >= 15 is 0 Å². The van der Waals surface area contributed by atoms with Crippen LogP contribution < -0.4 is 4.74 Å². The molecule has 17 heavy (non-hydrogen) atoms. The molecule has 2 atom stereocenters. The molecule has 94 valence electrons. The SMILES string of the molecule is C=CC(C)OCC(O)COc1ccc(Br)cc1. The number of aliphatic hydroxyl groups excluding tert-OH is 1. The normalized spacial score (nSPS) is 14.1. The van der Waals surface area contributed by atoms with Gasteiger partial charge in [-0.2, -0.15) is 0 Å². The molecule has 1 aromatic carbocycles. The van der Waals surface area contributed by atoms with E-state index < -0.39 is 6.10 Å². The van der Waals surface area contributed by atoms with Crippen LogP contribution in [-0.4, -0.2) is 30.5 Å². The Labute approximate surface area is 110 Å². The van der Waals surface area contributed by atoms with Crippen LogP contribution in [0.25, 0.3) is 0 Å². The number of ether oxygens (including phenoxy) is 2. The van der Waals surface area contributed by atoms with Gasteiger partial charge in [0.15, 0.2) is 0 Å². The zero-order chi connectivity index (χ0) is 12.7. The zero-order valence-electron chi connectivity index (χ0n) is 9.80. The third-order valence-corrected chi connectivity index (χ3v) is 2.67. The third kappa shape index (κ3) is 5.86. The van der Waals surface area contributed by atoms with Crippen LogP contribution >= 0.6 is 15.9 Å². The number of halogens is 1. The summed E-state index contributed by atoms with van der Waals surface area (Å²) in [5.41, 5.74) is 0. The molecule has 0 saturated carbocycles. The summed E-state index contributed by atoms with van der Waals surface area (Å²) >= 11 is 3.34. The molecular weight excluding hydrogens is 284 g/mol. The summed E-state index contributed by atoms with van der Waals surface area (Å²) in [5, 5.41) is 9.62. The van der Waals surface area contributed by atoms with Crippen molar-refractivity contribution in [2.24, 2.45) is 0 Å². The quantitative estimate of drug-likeness (QED) is 0.787. The molecule has 0 heterocycles. The highest BCUT2D eigenvalue weighted by Crippen LogP contribution is 2.16. The van der Waals surface area contributed by atoms with E-state index in [4.69, 9.17) is 9.47 Å². The Hall–Kier alpha value is -0.840. The first-order chi connectivity index (χ1) is 8.11. The van der Waals surface area contributed by atoms with E-state index in [1.165, 1.54) is 0 Å². The average molecular weight is 301 g/mol. The largest absolute Gasteiger partial charge is 0.491 e. The molecule has 0 aliphatic rings. The van der Waals surface area contributed by atoms with Gasteiger partial charge in [-0.1, -0.05) is 22.0 Å². The molecule has 0 aliphatic heterocycles. The molecule has 0 spiro atoms. The first-order valence-corrected chi connectivity index (χ1v) is 6.21. The Bertz CT molecular complexity index is 337. The standard InChI is InChI=1S/C13H17BrO3/c1-3-10(2)16-8-12(15)9-17-13-6-4-11(14)5-7-13/h3-7,10,12,15H,1,8-9H2,2H3. The van der Waals surface area contributed by atoms with Gasteiger partial charge in [0.05, 0.1) is 12.7 Å². The molecule has 0 saturated heterocycles. The maximum absolute atomic E-state index is 9.62. The molecule has 0 aliphatic carbocycles. The molecule has 0 bridgehead atoms. The van der Waals surface area contributed by atoms with Crippen LogP contribution in [0, 0.1) is 0 Å². The molecule has 0 radical (unpaired) electrons. The number of hydrogen-bond donors (Lipinski definition) is 1. The van der Waals surface area contributed by atoms with Gasteiger partial charge in [0.1, 0.15) is 18.5 Å². The maximum Gasteiger partial charge on any atom is 0.119 e. The topological polar surface area (TPSA) is 38.7 Å². The molecule has 1 N–H and O–H groups in total. The summed E-state index contributed by atoms with van der Waals surface area (Å²) in [6.07, 6.45) is 0.987. The van der Waals surface area contributed by atoms with Crippen molar-refractivity contribution < 1.29 is 14.6 Å². The van der Waals surface area contributed by atoms with Crippen molar-refractivity contribution in [1.29, 1.82) is 0 Å². The van der Waals surface area contributed by atoms with Crippen LogP contribution in [0.4, 0.5) is 0 Å². The highest BCUT2D eigenvalue weighted by Gasteiger charge is 2.07. The van der Waals surface area contributed by atoms with Gasteiger partial charge in [-0.25, -0.2) is 0 Å². The van der Waals surface area contributed by atoms with E-state index in [2.05, 4.69) is 22.5 Å². The van der Waals surface area contributed by atoms with Crippen LogP contribution in [0.2, 0.25) is 0 Å². The molecular formula is C13H17BrO3. The zero-order valence-corrected chi connectivity index (χ0v) is 11.4. The summed E-state index contributed by atoms with van der Waals surface area (Å²) in [5.74, 6) is 0.726. The van der Waals surface area contributed by atoms with Gasteiger partial charge in [0.25, 0.3) is 0 Å². The summed E-state index contributed by atoms with van der Waals surface area (Å²) in [7, 11) is 0. The molecule has 1 rings (SSSR count). The average Bonchev–Trinajstić information content (AvgIpc) is 2.35. The minimum Gasteiger partial charge on any atom is -0.491 e. The fourth-order valence-electron chi connectivity index (χ4n) is 1.10. The fraction of sp³-hybridized carbons (Fsp3) is 0.385. The van der Waals surface area contributed by atoms with Crippen molar-refractivity contribution in [3.05, 3.63) is 41.4 Å². The van der Waals surface area contributed by atoms with Crippen molar-refractivity contribution in [2.45, 2.75) is 19.1 Å². The Morgan fingerprint density at radius 3 is 2.59 bits per heavy atom. The van der Waals surface area contributed by atoms with Gasteiger partial charge in [-0.3, -0.25) is 0 Å². The first-order valence-electron chi connectivity index (χ1n) is 5.42. The molecule has 1 aromatic rings. The van der Waals surface area contributed by atoms with Crippen molar-refractivity contribution in [3.8, 4) is 5.75 Å². The number of benzene rings is 1. The van der Waals surface area contributed by atoms with E-state index in [1.807, 2.05) is 31.2 Å². The maximum atomic E-state index is 9.62. The van der Waals surface area contributed by atoms with Crippen LogP contribution in [-0.2, 0) is 4.74 Å². The van der Waals surface area contributed by atoms with Gasteiger partial charge < -0.3 is 14.6 Å². The summed E-state index contributed by atoms with van der Waals surface area (Å²) in [6, 6.07) is 7.45. The lowest BCUT2D eigenvalue weighted by Gasteiger charge is -2.14. The predicted octanol–water partition coefficient (Wildman–Crippen LogP) is 2.78. The lowest BCUT2D eigenvalue weighted by atomic mass is 10.3. The van der Waals surface area contributed by atoms with Crippen LogP contribution in [0.15, 0.2) is 41.4 Å². The van der Waals surface area contributed by atoms with Gasteiger partial charge in [-0.15, -0.1) is 6.58 Å². The van der Waals surface area contributed by atoms with Crippen LogP contribution in [0.5, 0.6) is 5.75 Å². The Kier molecular flexibility index (Phi) is 6.26. The number of hydrogen-bond acceptors (Lipinski definition) is 3. The van der Waals surface area contributed by atoms with E-state index in [-0.39, 0.29) is 19.3 Å². The van der Waals surface area contributed by atoms with Crippen molar-refractivity contribution in [2.75, 3.05) is 13.2 Å². The Morgan fingerprint density at radius 2 is 2.00 bits per heavy atom. The minimum atomic E-state index is -0.638. The lowest BCUT2D eigenvalue weighted by Crippen LogP contribution is -2.25. The lowest BCUT2D eigenvalue weighted by molar-refractivity contribution is -0.00371. The van der Waals surface area contributed by atoms with E-state index in [0.717, 1.165) is 10.2 Å². The molecule has 4 heteroatoms. The second-order valence-electron chi connectivity index (χ2n) is 3.69. The molecule has 0 fully saturated rings. The Morgan fingerprint density at radius 1 is 1.35 bits per heavy atom. The summed E-state index contributed by atoms with van der Waals surface area (Å²) < 4.78 is 11.7. The monoisotopic (exact) mass is 300 g/mol. The highest BCUT2D eigenvalue weighted by atomic mass is 79.9. The smallest absolute Gasteiger partial charge is 0.119 e. The number of aliphatic hydroxyl groups is 1. The van der Waals surface area contributed by atoms with Gasteiger partial charge in [-0.05, 0) is 31.2 Å². The first kappa shape index (κ1) is 14.2. The molecule has 2 unspecified atom stereocenters. The summed E-state index contributed by atoms with van der Waals surface area (Å²) in [4.78, 5) is 0. The van der Waals surface area contributed by atoms with Crippen molar-refractivity contribution in [3.63, 3.8) is 0 Å². The minimum absolute atomic E-state index is 0.0580. The van der Waals surface area contributed by atoms with Crippen molar-refractivity contribution >= 4 is 15.9 Å². The van der Waals surface area contributed by atoms with Gasteiger partial charge >= 0.3 is 0 Å². The highest BCUT2D eigenvalue weighted by molar-refractivity contribution is 9.10. The van der Waals surface area contributed by atoms with Gasteiger partial charge in [0, 0.05) is 4.47 Å². The summed E-state index contributed by atoms with van der Waals surface area (Å²) in [6.45, 7) is 5.92. The molecule has 0 amide bonds. The third-order valence-electron chi connectivity index (χ3n) is 2.14. The second-order valence-corrected chi connectivity index (χ2v) is 4.61. The van der Waals surface area contributed by atoms with E-state index in [9.17, 15) is 5.11 Å². The second kappa shape index (κ2) is 7.48. The van der Waals surface area contributed by atoms with Crippen LogP contribution in [0.1, 0.15) is 6.92 Å². The predicted molar refractivity (Wildman–Crippen MR) is 71.3 cm³/mol. The number of rotatable bonds is 7. The van der Waals surface area contributed by atoms with E-state index in [0.29, 0.717) is 0 Å². The van der Waals surface area contributed by atoms with Gasteiger partial charge in [0.2, 0.25) is 0 Å². The fourth-order valence-corrected chi connectivity index (χ4v) is 1.37. The molecule has 0 aromatic heterocycles. The van der Waals surface area contributed by atoms with Crippen molar-refractivity contribution in [1.82, 2.24) is 0 Å². The van der Waals surface area contributed by atoms with Crippen LogP contribution in [0.3, 0.4) is 0 Å².